The molecule has 0 aromatic heterocycles. The molecule has 2 unspecified atom stereocenters. The first-order valence-electron chi connectivity index (χ1n) is 4.53. The molecule has 3 nitrogen and oxygen atoms in total. The maximum absolute atomic E-state index is 10.4. The van der Waals surface area contributed by atoms with Crippen LogP contribution in [-0.2, 0) is 4.79 Å². The molecule has 0 saturated heterocycles. The van der Waals surface area contributed by atoms with Gasteiger partial charge in [-0.1, -0.05) is 19.8 Å². The molecule has 3 N–H and O–H groups in total. The van der Waals surface area contributed by atoms with Gasteiger partial charge in [0.1, 0.15) is 0 Å². The molecule has 0 aliphatic rings. The molecule has 2 atom stereocenters. The Morgan fingerprint density at radius 1 is 1.58 bits per heavy atom. The second kappa shape index (κ2) is 6.00. The van der Waals surface area contributed by atoms with Crippen molar-refractivity contribution in [3.63, 3.8) is 0 Å². The number of carboxylic acids is 1. The average molecular weight is 173 g/mol. The number of carboxylic acid groups (broad SMARTS) is 1. The van der Waals surface area contributed by atoms with Gasteiger partial charge in [0.05, 0.1) is 0 Å². The van der Waals surface area contributed by atoms with Crippen molar-refractivity contribution in [3.8, 4) is 0 Å². The van der Waals surface area contributed by atoms with Crippen molar-refractivity contribution in [3.05, 3.63) is 0 Å². The van der Waals surface area contributed by atoms with Crippen molar-refractivity contribution >= 4 is 5.97 Å². The van der Waals surface area contributed by atoms with E-state index in [0.29, 0.717) is 0 Å². The Hall–Kier alpha value is -0.570. The van der Waals surface area contributed by atoms with Gasteiger partial charge in [-0.2, -0.15) is 0 Å². The number of carbonyl (C=O) groups is 1. The van der Waals surface area contributed by atoms with E-state index < -0.39 is 5.97 Å². The highest BCUT2D eigenvalue weighted by atomic mass is 16.4. The van der Waals surface area contributed by atoms with Gasteiger partial charge in [0, 0.05) is 12.5 Å². The predicted molar refractivity (Wildman–Crippen MR) is 48.9 cm³/mol. The van der Waals surface area contributed by atoms with E-state index in [1.54, 1.807) is 0 Å². The minimum absolute atomic E-state index is 0.112. The van der Waals surface area contributed by atoms with Crippen LogP contribution < -0.4 is 5.73 Å². The lowest BCUT2D eigenvalue weighted by Crippen LogP contribution is -2.21. The Bertz CT molecular complexity index is 134. The molecule has 0 rings (SSSR count). The molecule has 72 valence electrons. The zero-order valence-electron chi connectivity index (χ0n) is 7.92. The molecule has 0 bridgehead atoms. The van der Waals surface area contributed by atoms with Crippen LogP contribution in [-0.4, -0.2) is 17.1 Å². The van der Waals surface area contributed by atoms with E-state index in [9.17, 15) is 4.79 Å². The third kappa shape index (κ3) is 6.16. The minimum atomic E-state index is -0.714. The van der Waals surface area contributed by atoms with Crippen LogP contribution >= 0.6 is 0 Å². The van der Waals surface area contributed by atoms with Crippen molar-refractivity contribution in [2.24, 2.45) is 11.7 Å². The zero-order chi connectivity index (χ0) is 9.56. The lowest BCUT2D eigenvalue weighted by atomic mass is 9.93. The first-order chi connectivity index (χ1) is 5.56. The van der Waals surface area contributed by atoms with E-state index in [4.69, 9.17) is 10.8 Å². The van der Waals surface area contributed by atoms with Crippen LogP contribution in [0.4, 0.5) is 0 Å². The normalized spacial score (nSPS) is 15.6. The van der Waals surface area contributed by atoms with Gasteiger partial charge >= 0.3 is 5.97 Å². The Labute approximate surface area is 74.0 Å². The molecule has 0 fully saturated rings. The molecule has 0 spiro atoms. The molecular formula is C9H19NO2. The lowest BCUT2D eigenvalue weighted by molar-refractivity contribution is -0.138. The van der Waals surface area contributed by atoms with Crippen LogP contribution in [0, 0.1) is 5.92 Å². The van der Waals surface area contributed by atoms with Gasteiger partial charge in [0.15, 0.2) is 0 Å². The lowest BCUT2D eigenvalue weighted by Gasteiger charge is -2.15. The molecule has 0 amide bonds. The van der Waals surface area contributed by atoms with Crippen LogP contribution in [0.3, 0.4) is 0 Å². The van der Waals surface area contributed by atoms with Crippen LogP contribution in [0.5, 0.6) is 0 Å². The highest BCUT2D eigenvalue weighted by Gasteiger charge is 2.13. The highest BCUT2D eigenvalue weighted by molar-refractivity contribution is 5.66. The molecule has 0 aromatic rings. The summed E-state index contributed by atoms with van der Waals surface area (Å²) in [6.07, 6.45) is 3.08. The van der Waals surface area contributed by atoms with Crippen molar-refractivity contribution in [2.45, 2.75) is 45.6 Å². The second-order valence-corrected chi connectivity index (χ2v) is 3.47. The Balaban J connectivity index is 3.77. The van der Waals surface area contributed by atoms with Gasteiger partial charge < -0.3 is 10.8 Å². The van der Waals surface area contributed by atoms with Crippen molar-refractivity contribution < 1.29 is 9.90 Å². The van der Waals surface area contributed by atoms with Crippen molar-refractivity contribution in [1.29, 1.82) is 0 Å². The van der Waals surface area contributed by atoms with E-state index >= 15 is 0 Å². The van der Waals surface area contributed by atoms with Crippen molar-refractivity contribution in [1.82, 2.24) is 0 Å². The van der Waals surface area contributed by atoms with E-state index in [0.717, 1.165) is 19.3 Å². The van der Waals surface area contributed by atoms with Gasteiger partial charge in [0.25, 0.3) is 0 Å². The first-order valence-corrected chi connectivity index (χ1v) is 4.53. The monoisotopic (exact) mass is 173 g/mol. The third-order valence-electron chi connectivity index (χ3n) is 1.87. The van der Waals surface area contributed by atoms with E-state index in [-0.39, 0.29) is 18.4 Å². The largest absolute Gasteiger partial charge is 0.481 e. The van der Waals surface area contributed by atoms with Crippen LogP contribution in [0.25, 0.3) is 0 Å². The maximum Gasteiger partial charge on any atom is 0.303 e. The Morgan fingerprint density at radius 3 is 2.50 bits per heavy atom. The first kappa shape index (κ1) is 11.4. The third-order valence-corrected chi connectivity index (χ3v) is 1.87. The van der Waals surface area contributed by atoms with Gasteiger partial charge in [-0.25, -0.2) is 0 Å². The van der Waals surface area contributed by atoms with Gasteiger partial charge in [-0.15, -0.1) is 0 Å². The summed E-state index contributed by atoms with van der Waals surface area (Å²) in [6.45, 7) is 3.99. The second-order valence-electron chi connectivity index (χ2n) is 3.47. The SMILES string of the molecule is CCCC(CC(=O)O)CC(C)N. The summed E-state index contributed by atoms with van der Waals surface area (Å²) in [5.41, 5.74) is 5.61. The standard InChI is InChI=1S/C9H19NO2/c1-3-4-8(5-7(2)10)6-9(11)12/h7-8H,3-6,10H2,1-2H3,(H,11,12). The fourth-order valence-corrected chi connectivity index (χ4v) is 1.48. The van der Waals surface area contributed by atoms with Crippen molar-refractivity contribution in [2.75, 3.05) is 0 Å². The Kier molecular flexibility index (Phi) is 5.72. The summed E-state index contributed by atoms with van der Waals surface area (Å²) in [7, 11) is 0. The summed E-state index contributed by atoms with van der Waals surface area (Å²) in [5, 5.41) is 8.58. The fourth-order valence-electron chi connectivity index (χ4n) is 1.48. The molecule has 12 heavy (non-hydrogen) atoms. The van der Waals surface area contributed by atoms with Crippen LogP contribution in [0.1, 0.15) is 39.5 Å². The van der Waals surface area contributed by atoms with Crippen LogP contribution in [0.15, 0.2) is 0 Å². The Morgan fingerprint density at radius 2 is 2.17 bits per heavy atom. The number of nitrogens with two attached hydrogens (primary N) is 1. The summed E-state index contributed by atoms with van der Waals surface area (Å²) in [4.78, 5) is 10.4. The summed E-state index contributed by atoms with van der Waals surface area (Å²) in [6, 6.07) is 0.112. The van der Waals surface area contributed by atoms with Gasteiger partial charge in [0.2, 0.25) is 0 Å². The van der Waals surface area contributed by atoms with Gasteiger partial charge in [-0.05, 0) is 19.3 Å². The molecular weight excluding hydrogens is 154 g/mol. The minimum Gasteiger partial charge on any atom is -0.481 e. The number of hydrogen-bond acceptors (Lipinski definition) is 2. The molecule has 0 saturated carbocycles. The van der Waals surface area contributed by atoms with E-state index in [1.807, 2.05) is 6.92 Å². The molecule has 0 heterocycles. The van der Waals surface area contributed by atoms with E-state index in [1.165, 1.54) is 0 Å². The quantitative estimate of drug-likeness (QED) is 0.641. The molecule has 0 radical (unpaired) electrons. The molecule has 0 aliphatic heterocycles. The fraction of sp³-hybridized carbons (Fsp3) is 0.889. The summed E-state index contributed by atoms with van der Waals surface area (Å²) < 4.78 is 0. The summed E-state index contributed by atoms with van der Waals surface area (Å²) in [5.74, 6) is -0.457. The van der Waals surface area contributed by atoms with Gasteiger partial charge in [-0.3, -0.25) is 4.79 Å². The van der Waals surface area contributed by atoms with Crippen LogP contribution in [0.2, 0.25) is 0 Å². The predicted octanol–water partition coefficient (Wildman–Crippen LogP) is 1.61. The molecule has 0 aromatic carbocycles. The summed E-state index contributed by atoms with van der Waals surface area (Å²) >= 11 is 0. The maximum atomic E-state index is 10.4. The molecule has 0 aliphatic carbocycles. The molecule has 3 heteroatoms. The number of aliphatic carboxylic acids is 1. The van der Waals surface area contributed by atoms with E-state index in [2.05, 4.69) is 6.92 Å². The number of rotatable bonds is 6. The average Bonchev–Trinajstić information content (AvgIpc) is 1.84. The zero-order valence-corrected chi connectivity index (χ0v) is 7.92. The highest BCUT2D eigenvalue weighted by Crippen LogP contribution is 2.16. The topological polar surface area (TPSA) is 63.3 Å². The number of hydrogen-bond donors (Lipinski definition) is 2. The smallest absolute Gasteiger partial charge is 0.303 e.